The average Bonchev–Trinajstić information content (AvgIpc) is 3.09. The van der Waals surface area contributed by atoms with Crippen LogP contribution in [0.1, 0.15) is 30.9 Å². The molecule has 19 heavy (non-hydrogen) atoms. The first-order valence-corrected chi connectivity index (χ1v) is 6.47. The van der Waals surface area contributed by atoms with E-state index in [0.717, 1.165) is 12.8 Å². The summed E-state index contributed by atoms with van der Waals surface area (Å²) < 4.78 is 39.5. The van der Waals surface area contributed by atoms with Crippen LogP contribution in [-0.2, 0) is 12.6 Å². The molecule has 1 saturated carbocycles. The van der Waals surface area contributed by atoms with Gasteiger partial charge in [-0.15, -0.1) is 0 Å². The fraction of sp³-hybridized carbons (Fsp3) is 0.571. The maximum absolute atomic E-state index is 13.2. The first-order chi connectivity index (χ1) is 8.79. The molecule has 5 heteroatoms. The number of hydrogen-bond acceptors (Lipinski definition) is 2. The molecule has 1 aliphatic rings. The molecular weight excluding hydrogens is 253 g/mol. The Balaban J connectivity index is 2.36. The molecule has 106 valence electrons. The largest absolute Gasteiger partial charge is 0.418 e. The summed E-state index contributed by atoms with van der Waals surface area (Å²) in [5.74, 6) is 0. The van der Waals surface area contributed by atoms with Gasteiger partial charge in [-0.2, -0.15) is 13.2 Å². The SMILES string of the molecule is CC(N)Cc1ccc(N(C)C2CC2)c(C(F)(F)F)c1. The molecule has 1 atom stereocenters. The van der Waals surface area contributed by atoms with Crippen LogP contribution in [0.3, 0.4) is 0 Å². The van der Waals surface area contributed by atoms with Crippen LogP contribution < -0.4 is 10.6 Å². The molecule has 0 amide bonds. The van der Waals surface area contributed by atoms with E-state index in [1.54, 1.807) is 31.0 Å². The smallest absolute Gasteiger partial charge is 0.371 e. The Hall–Kier alpha value is -1.23. The van der Waals surface area contributed by atoms with E-state index < -0.39 is 11.7 Å². The minimum atomic E-state index is -4.33. The molecule has 1 aromatic rings. The van der Waals surface area contributed by atoms with Crippen molar-refractivity contribution in [2.75, 3.05) is 11.9 Å². The van der Waals surface area contributed by atoms with Gasteiger partial charge in [0.15, 0.2) is 0 Å². The predicted octanol–water partition coefficient (Wildman–Crippen LogP) is 3.19. The molecule has 0 saturated heterocycles. The van der Waals surface area contributed by atoms with Crippen molar-refractivity contribution >= 4 is 5.69 Å². The Labute approximate surface area is 111 Å². The lowest BCUT2D eigenvalue weighted by Crippen LogP contribution is -2.24. The Morgan fingerprint density at radius 3 is 2.47 bits per heavy atom. The van der Waals surface area contributed by atoms with Gasteiger partial charge >= 0.3 is 6.18 Å². The van der Waals surface area contributed by atoms with Crippen LogP contribution >= 0.6 is 0 Å². The maximum atomic E-state index is 13.2. The van der Waals surface area contributed by atoms with Crippen LogP contribution in [-0.4, -0.2) is 19.1 Å². The molecule has 0 spiro atoms. The standard InChI is InChI=1S/C14H19F3N2/c1-9(18)7-10-3-6-13(19(2)11-4-5-11)12(8-10)14(15,16)17/h3,6,8-9,11H,4-5,7,18H2,1-2H3. The van der Waals surface area contributed by atoms with E-state index in [-0.39, 0.29) is 17.8 Å². The third kappa shape index (κ3) is 3.41. The van der Waals surface area contributed by atoms with E-state index >= 15 is 0 Å². The molecule has 0 aromatic heterocycles. The van der Waals surface area contributed by atoms with Gasteiger partial charge in [0, 0.05) is 24.8 Å². The van der Waals surface area contributed by atoms with E-state index in [0.29, 0.717) is 12.0 Å². The summed E-state index contributed by atoms with van der Waals surface area (Å²) in [5.41, 5.74) is 5.99. The van der Waals surface area contributed by atoms with Gasteiger partial charge in [-0.25, -0.2) is 0 Å². The van der Waals surface area contributed by atoms with Gasteiger partial charge in [0.1, 0.15) is 0 Å². The van der Waals surface area contributed by atoms with Gasteiger partial charge < -0.3 is 10.6 Å². The van der Waals surface area contributed by atoms with E-state index in [1.165, 1.54) is 6.07 Å². The van der Waals surface area contributed by atoms with Crippen LogP contribution in [0.5, 0.6) is 0 Å². The summed E-state index contributed by atoms with van der Waals surface area (Å²) in [6, 6.07) is 4.65. The first-order valence-electron chi connectivity index (χ1n) is 6.47. The normalized spacial score (nSPS) is 17.4. The average molecular weight is 272 g/mol. The third-order valence-corrected chi connectivity index (χ3v) is 3.40. The number of rotatable bonds is 4. The molecule has 1 fully saturated rings. The van der Waals surface area contributed by atoms with Gasteiger partial charge in [0.05, 0.1) is 5.56 Å². The molecule has 0 heterocycles. The molecule has 1 unspecified atom stereocenters. The van der Waals surface area contributed by atoms with Crippen LogP contribution in [0.25, 0.3) is 0 Å². The second-order valence-corrected chi connectivity index (χ2v) is 5.37. The molecule has 0 radical (unpaired) electrons. The summed E-state index contributed by atoms with van der Waals surface area (Å²) in [4.78, 5) is 1.73. The Morgan fingerprint density at radius 2 is 2.00 bits per heavy atom. The molecule has 0 aliphatic heterocycles. The predicted molar refractivity (Wildman–Crippen MR) is 70.2 cm³/mol. The molecule has 1 aromatic carbocycles. The highest BCUT2D eigenvalue weighted by Crippen LogP contribution is 2.40. The zero-order chi connectivity index (χ0) is 14.2. The van der Waals surface area contributed by atoms with Crippen molar-refractivity contribution in [3.8, 4) is 0 Å². The van der Waals surface area contributed by atoms with Crippen LogP contribution in [0.4, 0.5) is 18.9 Å². The number of halogens is 3. The summed E-state index contributed by atoms with van der Waals surface area (Å²) in [7, 11) is 1.73. The van der Waals surface area contributed by atoms with Crippen molar-refractivity contribution in [1.82, 2.24) is 0 Å². The highest BCUT2D eigenvalue weighted by molar-refractivity contribution is 5.57. The number of hydrogen-bond donors (Lipinski definition) is 1. The van der Waals surface area contributed by atoms with E-state index in [9.17, 15) is 13.2 Å². The van der Waals surface area contributed by atoms with E-state index in [4.69, 9.17) is 5.73 Å². The third-order valence-electron chi connectivity index (χ3n) is 3.40. The van der Waals surface area contributed by atoms with Crippen LogP contribution in [0, 0.1) is 0 Å². The number of benzene rings is 1. The Morgan fingerprint density at radius 1 is 1.37 bits per heavy atom. The van der Waals surface area contributed by atoms with Crippen molar-refractivity contribution < 1.29 is 13.2 Å². The molecule has 0 bridgehead atoms. The number of nitrogens with zero attached hydrogens (tertiary/aromatic N) is 1. The zero-order valence-corrected chi connectivity index (χ0v) is 11.2. The van der Waals surface area contributed by atoms with E-state index in [2.05, 4.69) is 0 Å². The summed E-state index contributed by atoms with van der Waals surface area (Å²) >= 11 is 0. The monoisotopic (exact) mass is 272 g/mol. The highest BCUT2D eigenvalue weighted by atomic mass is 19.4. The molecule has 2 rings (SSSR count). The van der Waals surface area contributed by atoms with E-state index in [1.807, 2.05) is 0 Å². The van der Waals surface area contributed by atoms with Gasteiger partial charge in [-0.1, -0.05) is 6.07 Å². The second-order valence-electron chi connectivity index (χ2n) is 5.37. The fourth-order valence-corrected chi connectivity index (χ4v) is 2.28. The highest BCUT2D eigenvalue weighted by Gasteiger charge is 2.37. The lowest BCUT2D eigenvalue weighted by molar-refractivity contribution is -0.137. The maximum Gasteiger partial charge on any atom is 0.418 e. The lowest BCUT2D eigenvalue weighted by Gasteiger charge is -2.24. The van der Waals surface area contributed by atoms with Crippen molar-refractivity contribution in [2.24, 2.45) is 5.73 Å². The Kier molecular flexibility index (Phi) is 3.76. The topological polar surface area (TPSA) is 29.3 Å². The summed E-state index contributed by atoms with van der Waals surface area (Å²) in [5, 5.41) is 0. The van der Waals surface area contributed by atoms with Gasteiger partial charge in [0.25, 0.3) is 0 Å². The molecule has 1 aliphatic carbocycles. The quantitative estimate of drug-likeness (QED) is 0.912. The zero-order valence-electron chi connectivity index (χ0n) is 11.2. The lowest BCUT2D eigenvalue weighted by atomic mass is 10.0. The fourth-order valence-electron chi connectivity index (χ4n) is 2.28. The van der Waals surface area contributed by atoms with Crippen molar-refractivity contribution in [1.29, 1.82) is 0 Å². The molecule has 2 N–H and O–H groups in total. The van der Waals surface area contributed by atoms with Crippen molar-refractivity contribution in [3.63, 3.8) is 0 Å². The van der Waals surface area contributed by atoms with Gasteiger partial charge in [-0.3, -0.25) is 0 Å². The first kappa shape index (κ1) is 14.2. The molecular formula is C14H19F3N2. The summed E-state index contributed by atoms with van der Waals surface area (Å²) in [6.45, 7) is 1.79. The Bertz CT molecular complexity index is 450. The number of alkyl halides is 3. The number of nitrogens with two attached hydrogens (primary N) is 1. The van der Waals surface area contributed by atoms with Gasteiger partial charge in [0.2, 0.25) is 0 Å². The molecule has 2 nitrogen and oxygen atoms in total. The van der Waals surface area contributed by atoms with Crippen molar-refractivity contribution in [3.05, 3.63) is 29.3 Å². The van der Waals surface area contributed by atoms with Crippen molar-refractivity contribution in [2.45, 2.75) is 44.4 Å². The second kappa shape index (κ2) is 5.04. The van der Waals surface area contributed by atoms with Crippen LogP contribution in [0.2, 0.25) is 0 Å². The van der Waals surface area contributed by atoms with Gasteiger partial charge in [-0.05, 0) is 43.9 Å². The number of anilines is 1. The van der Waals surface area contributed by atoms with Crippen LogP contribution in [0.15, 0.2) is 18.2 Å². The minimum absolute atomic E-state index is 0.145. The minimum Gasteiger partial charge on any atom is -0.371 e. The summed E-state index contributed by atoms with van der Waals surface area (Å²) in [6.07, 6.45) is -1.94.